The second kappa shape index (κ2) is 13.3. The quantitative estimate of drug-likeness (QED) is 0.196. The number of β-lactam (4-membered cyclic amide) rings is 1. The third kappa shape index (κ3) is 7.47. The van der Waals surface area contributed by atoms with E-state index in [0.29, 0.717) is 16.8 Å². The van der Waals surface area contributed by atoms with E-state index in [1.165, 1.54) is 24.4 Å². The molecule has 1 aromatic heterocycles. The molecule has 12 nitrogen and oxygen atoms in total. The highest BCUT2D eigenvalue weighted by Gasteiger charge is 2.55. The zero-order valence-corrected chi connectivity index (χ0v) is 24.5. The van der Waals surface area contributed by atoms with Crippen LogP contribution in [0.4, 0.5) is 8.78 Å². The number of halogens is 2. The normalized spacial score (nSPS) is 18.8. The molecular formula is C30H32F2N2O10. The van der Waals surface area contributed by atoms with Crippen LogP contribution in [0.2, 0.25) is 0 Å². The molecule has 4 rings (SSSR count). The highest BCUT2D eigenvalue weighted by molar-refractivity contribution is 6.08. The zero-order valence-electron chi connectivity index (χ0n) is 24.5. The number of rotatable bonds is 12. The van der Waals surface area contributed by atoms with Crippen LogP contribution in [0, 0.1) is 11.8 Å². The van der Waals surface area contributed by atoms with Crippen molar-refractivity contribution in [3.63, 3.8) is 0 Å². The maximum absolute atomic E-state index is 13.4. The fourth-order valence-corrected chi connectivity index (χ4v) is 4.80. The van der Waals surface area contributed by atoms with Crippen molar-refractivity contribution in [2.75, 3.05) is 13.4 Å². The fraction of sp³-hybridized carbons (Fsp3) is 0.467. The first-order valence-corrected chi connectivity index (χ1v) is 14.0. The molecule has 2 aliphatic rings. The molecule has 3 heterocycles. The zero-order chi connectivity index (χ0) is 32.2. The lowest BCUT2D eigenvalue weighted by atomic mass is 9.81. The Morgan fingerprint density at radius 2 is 1.75 bits per heavy atom. The van der Waals surface area contributed by atoms with Crippen LogP contribution in [0.5, 0.6) is 11.5 Å². The Hall–Kier alpha value is -4.62. The summed E-state index contributed by atoms with van der Waals surface area (Å²) in [4.78, 5) is 68.0. The van der Waals surface area contributed by atoms with Gasteiger partial charge >= 0.3 is 24.2 Å². The van der Waals surface area contributed by atoms with Crippen LogP contribution >= 0.6 is 0 Å². The van der Waals surface area contributed by atoms with Gasteiger partial charge < -0.3 is 23.7 Å². The van der Waals surface area contributed by atoms with Crippen LogP contribution in [0.15, 0.2) is 36.5 Å². The summed E-state index contributed by atoms with van der Waals surface area (Å²) >= 11 is 0. The average molecular weight is 619 g/mol. The van der Waals surface area contributed by atoms with Crippen LogP contribution < -0.4 is 9.47 Å². The highest BCUT2D eigenvalue weighted by Crippen LogP contribution is 2.43. The first-order valence-electron chi connectivity index (χ1n) is 14.0. The second-order valence-electron chi connectivity index (χ2n) is 10.7. The van der Waals surface area contributed by atoms with Crippen molar-refractivity contribution in [3.05, 3.63) is 53.3 Å². The Kier molecular flexibility index (Phi) is 9.80. The minimum atomic E-state index is -3.78. The van der Waals surface area contributed by atoms with Gasteiger partial charge in [-0.1, -0.05) is 26.8 Å². The fourth-order valence-electron chi connectivity index (χ4n) is 4.80. The third-order valence-electron chi connectivity index (χ3n) is 7.04. The number of imide groups is 1. The van der Waals surface area contributed by atoms with E-state index in [0.717, 1.165) is 4.90 Å². The van der Waals surface area contributed by atoms with Gasteiger partial charge in [-0.25, -0.2) is 4.79 Å². The maximum Gasteiger partial charge on any atom is 0.586 e. The smallest absolute Gasteiger partial charge is 0.464 e. The predicted molar refractivity (Wildman–Crippen MR) is 145 cm³/mol. The van der Waals surface area contributed by atoms with E-state index in [1.54, 1.807) is 39.8 Å². The number of carbonyl (C=O) groups is 5. The second-order valence-corrected chi connectivity index (χ2v) is 10.7. The van der Waals surface area contributed by atoms with Gasteiger partial charge in [0.05, 0.1) is 30.6 Å². The lowest BCUT2D eigenvalue weighted by molar-refractivity contribution is -0.286. The summed E-state index contributed by atoms with van der Waals surface area (Å²) < 4.78 is 50.6. The molecule has 1 saturated heterocycles. The summed E-state index contributed by atoms with van der Waals surface area (Å²) in [6.07, 6.45) is -2.71. The molecule has 0 aliphatic carbocycles. The number of esters is 3. The molecule has 0 radical (unpaired) electrons. The number of nitrogens with zero attached hydrogens (tertiary/aromatic N) is 2. The number of aromatic nitrogens is 1. The van der Waals surface area contributed by atoms with Crippen molar-refractivity contribution in [1.82, 2.24) is 9.88 Å². The van der Waals surface area contributed by atoms with Crippen molar-refractivity contribution >= 4 is 29.7 Å². The number of pyridine rings is 1. The van der Waals surface area contributed by atoms with E-state index in [9.17, 15) is 32.8 Å². The summed E-state index contributed by atoms with van der Waals surface area (Å²) in [5.74, 6) is -5.24. The SMILES string of the molecule is CCOC(=O)[C@@H]1C(Cc2ccnc(CC(=O)OCOC(=O)C(C)C)c2)C(=O)N1C(=O)C[C@H](C)c1ccc2c(c1)OC(F)(F)O2. The Morgan fingerprint density at radius 3 is 2.45 bits per heavy atom. The molecule has 236 valence electrons. The summed E-state index contributed by atoms with van der Waals surface area (Å²) in [6, 6.07) is 6.18. The molecule has 0 bridgehead atoms. The van der Waals surface area contributed by atoms with Gasteiger partial charge in [0, 0.05) is 12.6 Å². The number of carbonyl (C=O) groups excluding carboxylic acids is 5. The number of fused-ring (bicyclic) bond motifs is 1. The molecular weight excluding hydrogens is 586 g/mol. The maximum atomic E-state index is 13.4. The molecule has 0 N–H and O–H groups in total. The number of hydrogen-bond donors (Lipinski definition) is 0. The van der Waals surface area contributed by atoms with Crippen LogP contribution in [0.25, 0.3) is 0 Å². The standard InChI is InChI=1S/C30H32F2N2O10/c1-5-40-29(39)26-21(12-18-8-9-33-20(11-18)14-25(36)41-15-42-28(38)16(2)3)27(37)34(26)24(35)10-17(4)19-6-7-22-23(13-19)44-30(31,32)43-22/h6-9,11,13,16-17,21,26H,5,10,12,14-15H2,1-4H3/t17-,21?,26-/m0/s1. The van der Waals surface area contributed by atoms with Crippen LogP contribution in [0.3, 0.4) is 0 Å². The average Bonchev–Trinajstić information content (AvgIpc) is 3.27. The Bertz CT molecular complexity index is 1450. The monoisotopic (exact) mass is 618 g/mol. The van der Waals surface area contributed by atoms with Gasteiger partial charge in [-0.2, -0.15) is 0 Å². The van der Waals surface area contributed by atoms with Gasteiger partial charge in [0.15, 0.2) is 11.5 Å². The van der Waals surface area contributed by atoms with Gasteiger partial charge in [0.2, 0.25) is 18.6 Å². The highest BCUT2D eigenvalue weighted by atomic mass is 19.3. The van der Waals surface area contributed by atoms with Crippen molar-refractivity contribution < 1.29 is 56.4 Å². The van der Waals surface area contributed by atoms with Crippen LogP contribution in [-0.2, 0) is 51.0 Å². The van der Waals surface area contributed by atoms with E-state index < -0.39 is 60.7 Å². The van der Waals surface area contributed by atoms with Crippen molar-refractivity contribution in [1.29, 1.82) is 0 Å². The summed E-state index contributed by atoms with van der Waals surface area (Å²) in [5, 5.41) is 0. The lowest BCUT2D eigenvalue weighted by Crippen LogP contribution is -2.67. The van der Waals surface area contributed by atoms with E-state index >= 15 is 0 Å². The molecule has 0 spiro atoms. The largest absolute Gasteiger partial charge is 0.586 e. The summed E-state index contributed by atoms with van der Waals surface area (Å²) in [6.45, 7) is 6.06. The molecule has 1 fully saturated rings. The van der Waals surface area contributed by atoms with Gasteiger partial charge in [-0.3, -0.25) is 29.1 Å². The Labute approximate surface area is 251 Å². The van der Waals surface area contributed by atoms with E-state index in [2.05, 4.69) is 14.5 Å². The molecule has 2 amide bonds. The molecule has 1 aromatic carbocycles. The van der Waals surface area contributed by atoms with Crippen molar-refractivity contribution in [2.24, 2.45) is 11.8 Å². The summed E-state index contributed by atoms with van der Waals surface area (Å²) in [5.41, 5.74) is 1.40. The van der Waals surface area contributed by atoms with Crippen molar-refractivity contribution in [3.8, 4) is 11.5 Å². The number of ether oxygens (including phenoxy) is 5. The van der Waals surface area contributed by atoms with E-state index in [1.807, 2.05) is 0 Å². The predicted octanol–water partition coefficient (Wildman–Crippen LogP) is 3.30. The molecule has 1 unspecified atom stereocenters. The molecule has 44 heavy (non-hydrogen) atoms. The molecule has 2 aliphatic heterocycles. The topological polar surface area (TPSA) is 148 Å². The lowest BCUT2D eigenvalue weighted by Gasteiger charge is -2.44. The number of benzene rings is 1. The third-order valence-corrected chi connectivity index (χ3v) is 7.04. The van der Waals surface area contributed by atoms with Gasteiger partial charge in [0.25, 0.3) is 0 Å². The first-order chi connectivity index (χ1) is 20.8. The van der Waals surface area contributed by atoms with Crippen molar-refractivity contribution in [2.45, 2.75) is 65.2 Å². The van der Waals surface area contributed by atoms with E-state index in [-0.39, 0.29) is 43.3 Å². The Morgan fingerprint density at radius 1 is 1.02 bits per heavy atom. The summed E-state index contributed by atoms with van der Waals surface area (Å²) in [7, 11) is 0. The molecule has 0 saturated carbocycles. The molecule has 2 aromatic rings. The minimum absolute atomic E-state index is 0.0322. The van der Waals surface area contributed by atoms with Gasteiger partial charge in [-0.15, -0.1) is 8.78 Å². The van der Waals surface area contributed by atoms with E-state index in [4.69, 9.17) is 14.2 Å². The Balaban J connectivity index is 1.39. The van der Waals surface area contributed by atoms with Crippen LogP contribution in [-0.4, -0.2) is 65.3 Å². The number of amides is 2. The van der Waals surface area contributed by atoms with Gasteiger partial charge in [0.1, 0.15) is 6.04 Å². The molecule has 3 atom stereocenters. The minimum Gasteiger partial charge on any atom is -0.464 e. The first kappa shape index (κ1) is 32.3. The molecule has 14 heteroatoms. The van der Waals surface area contributed by atoms with Crippen LogP contribution in [0.1, 0.15) is 56.9 Å². The van der Waals surface area contributed by atoms with Gasteiger partial charge in [-0.05, 0) is 54.7 Å². The number of alkyl halides is 2. The number of hydrogen-bond acceptors (Lipinski definition) is 11. The number of likely N-dealkylation sites (tertiary alicyclic amines) is 1.